The van der Waals surface area contributed by atoms with Crippen molar-refractivity contribution in [1.82, 2.24) is 10.3 Å². The average Bonchev–Trinajstić information content (AvgIpc) is 3.15. The predicted octanol–water partition coefficient (Wildman–Crippen LogP) is 2.78. The summed E-state index contributed by atoms with van der Waals surface area (Å²) in [6, 6.07) is 10.2. The Morgan fingerprint density at radius 2 is 2.20 bits per heavy atom. The van der Waals surface area contributed by atoms with E-state index in [1.807, 2.05) is 6.07 Å². The fourth-order valence-corrected chi connectivity index (χ4v) is 2.81. The molecule has 5 nitrogen and oxygen atoms in total. The molecular weight excluding hydrogens is 321 g/mol. The minimum atomic E-state index is -0.215. The molecule has 0 saturated carbocycles. The summed E-state index contributed by atoms with van der Waals surface area (Å²) in [5.41, 5.74) is 1.81. The standard InChI is InChI=1S/C19H22FN3O2/c20-17-6-2-1-4-14(17)7-9-21-15-8-10-22-18(12-15)19(24)23-13-16-5-3-11-25-16/h1-2,4,6,8,10,12,16H,3,5,7,9,11,13H2,(H,21,22)(H,23,24). The molecule has 1 aliphatic rings. The van der Waals surface area contributed by atoms with Crippen molar-refractivity contribution < 1.29 is 13.9 Å². The maximum atomic E-state index is 13.6. The Kier molecular flexibility index (Phi) is 5.95. The number of ether oxygens (including phenoxy) is 1. The second-order valence-electron chi connectivity index (χ2n) is 6.04. The topological polar surface area (TPSA) is 63.2 Å². The van der Waals surface area contributed by atoms with Crippen molar-refractivity contribution in [2.24, 2.45) is 0 Å². The minimum Gasteiger partial charge on any atom is -0.385 e. The first-order valence-corrected chi connectivity index (χ1v) is 8.55. The van der Waals surface area contributed by atoms with Crippen molar-refractivity contribution in [2.45, 2.75) is 25.4 Å². The summed E-state index contributed by atoms with van der Waals surface area (Å²) in [7, 11) is 0. The number of amides is 1. The largest absolute Gasteiger partial charge is 0.385 e. The van der Waals surface area contributed by atoms with E-state index in [1.54, 1.807) is 30.5 Å². The van der Waals surface area contributed by atoms with Crippen LogP contribution in [0.4, 0.5) is 10.1 Å². The lowest BCUT2D eigenvalue weighted by Crippen LogP contribution is -2.32. The monoisotopic (exact) mass is 343 g/mol. The molecule has 132 valence electrons. The summed E-state index contributed by atoms with van der Waals surface area (Å²) in [5.74, 6) is -0.415. The summed E-state index contributed by atoms with van der Waals surface area (Å²) >= 11 is 0. The molecule has 0 spiro atoms. The molecule has 2 N–H and O–H groups in total. The third kappa shape index (κ3) is 5.00. The smallest absolute Gasteiger partial charge is 0.270 e. The van der Waals surface area contributed by atoms with Gasteiger partial charge in [-0.25, -0.2) is 4.39 Å². The number of aromatic nitrogens is 1. The number of benzene rings is 1. The van der Waals surface area contributed by atoms with Crippen LogP contribution in [-0.4, -0.2) is 36.7 Å². The Bertz CT molecular complexity index is 717. The first-order chi connectivity index (χ1) is 12.2. The van der Waals surface area contributed by atoms with Crippen molar-refractivity contribution in [3.05, 3.63) is 59.7 Å². The van der Waals surface area contributed by atoms with Crippen LogP contribution in [-0.2, 0) is 11.2 Å². The second-order valence-corrected chi connectivity index (χ2v) is 6.04. The summed E-state index contributed by atoms with van der Waals surface area (Å²) in [4.78, 5) is 16.3. The number of nitrogens with one attached hydrogen (secondary N) is 2. The lowest BCUT2D eigenvalue weighted by atomic mass is 10.1. The van der Waals surface area contributed by atoms with Crippen LogP contribution in [0.25, 0.3) is 0 Å². The van der Waals surface area contributed by atoms with Gasteiger partial charge in [0.15, 0.2) is 0 Å². The van der Waals surface area contributed by atoms with E-state index in [0.717, 1.165) is 25.1 Å². The van der Waals surface area contributed by atoms with E-state index in [4.69, 9.17) is 4.74 Å². The highest BCUT2D eigenvalue weighted by Crippen LogP contribution is 2.12. The molecule has 1 amide bonds. The van der Waals surface area contributed by atoms with Crippen LogP contribution in [0.1, 0.15) is 28.9 Å². The molecule has 6 heteroatoms. The lowest BCUT2D eigenvalue weighted by Gasteiger charge is -2.11. The normalized spacial score (nSPS) is 16.6. The zero-order chi connectivity index (χ0) is 17.5. The molecule has 1 aromatic heterocycles. The van der Waals surface area contributed by atoms with Gasteiger partial charge < -0.3 is 15.4 Å². The minimum absolute atomic E-state index is 0.103. The fraction of sp³-hybridized carbons (Fsp3) is 0.368. The van der Waals surface area contributed by atoms with E-state index in [-0.39, 0.29) is 17.8 Å². The van der Waals surface area contributed by atoms with Gasteiger partial charge in [-0.3, -0.25) is 9.78 Å². The molecule has 1 unspecified atom stereocenters. The Morgan fingerprint density at radius 1 is 1.32 bits per heavy atom. The molecule has 0 bridgehead atoms. The van der Waals surface area contributed by atoms with Crippen molar-refractivity contribution in [2.75, 3.05) is 25.0 Å². The van der Waals surface area contributed by atoms with Gasteiger partial charge in [-0.2, -0.15) is 0 Å². The zero-order valence-corrected chi connectivity index (χ0v) is 14.0. The molecule has 1 aliphatic heterocycles. The summed E-state index contributed by atoms with van der Waals surface area (Å²) in [6.07, 6.45) is 4.28. The number of carbonyl (C=O) groups is 1. The highest BCUT2D eigenvalue weighted by molar-refractivity contribution is 5.93. The van der Waals surface area contributed by atoms with Crippen LogP contribution in [0.15, 0.2) is 42.6 Å². The molecular formula is C19H22FN3O2. The Morgan fingerprint density at radius 3 is 3.00 bits per heavy atom. The highest BCUT2D eigenvalue weighted by Gasteiger charge is 2.17. The quantitative estimate of drug-likeness (QED) is 0.811. The molecule has 2 aromatic rings. The second kappa shape index (κ2) is 8.58. The summed E-state index contributed by atoms with van der Waals surface area (Å²) < 4.78 is 19.1. The maximum Gasteiger partial charge on any atom is 0.270 e. The molecule has 1 fully saturated rings. The van der Waals surface area contributed by atoms with Gasteiger partial charge in [0.05, 0.1) is 6.10 Å². The van der Waals surface area contributed by atoms with Crippen LogP contribution in [0.2, 0.25) is 0 Å². The van der Waals surface area contributed by atoms with E-state index in [2.05, 4.69) is 15.6 Å². The molecule has 2 heterocycles. The first-order valence-electron chi connectivity index (χ1n) is 8.55. The third-order valence-corrected chi connectivity index (χ3v) is 4.19. The van der Waals surface area contributed by atoms with Gasteiger partial charge in [0.2, 0.25) is 0 Å². The summed E-state index contributed by atoms with van der Waals surface area (Å²) in [5, 5.41) is 6.06. The number of carbonyl (C=O) groups excluding carboxylic acids is 1. The van der Waals surface area contributed by atoms with Crippen LogP contribution < -0.4 is 10.6 Å². The van der Waals surface area contributed by atoms with E-state index < -0.39 is 0 Å². The number of halogens is 1. The third-order valence-electron chi connectivity index (χ3n) is 4.19. The molecule has 25 heavy (non-hydrogen) atoms. The lowest BCUT2D eigenvalue weighted by molar-refractivity contribution is 0.0854. The zero-order valence-electron chi connectivity index (χ0n) is 14.0. The highest BCUT2D eigenvalue weighted by atomic mass is 19.1. The van der Waals surface area contributed by atoms with Crippen molar-refractivity contribution in [3.8, 4) is 0 Å². The Labute approximate surface area is 146 Å². The van der Waals surface area contributed by atoms with E-state index in [0.29, 0.717) is 30.8 Å². The van der Waals surface area contributed by atoms with E-state index in [1.165, 1.54) is 6.07 Å². The van der Waals surface area contributed by atoms with Crippen molar-refractivity contribution >= 4 is 11.6 Å². The Balaban J connectivity index is 1.50. The predicted molar refractivity (Wildman–Crippen MR) is 94.1 cm³/mol. The number of nitrogens with zero attached hydrogens (tertiary/aromatic N) is 1. The van der Waals surface area contributed by atoms with Crippen LogP contribution >= 0.6 is 0 Å². The number of pyridine rings is 1. The molecule has 1 saturated heterocycles. The first kappa shape index (κ1) is 17.4. The van der Waals surface area contributed by atoms with Gasteiger partial charge in [-0.05, 0) is 43.0 Å². The molecule has 1 aromatic carbocycles. The van der Waals surface area contributed by atoms with Gasteiger partial charge in [-0.15, -0.1) is 0 Å². The van der Waals surface area contributed by atoms with Crippen molar-refractivity contribution in [3.63, 3.8) is 0 Å². The van der Waals surface area contributed by atoms with Crippen LogP contribution in [0.3, 0.4) is 0 Å². The van der Waals surface area contributed by atoms with Crippen LogP contribution in [0, 0.1) is 5.82 Å². The number of hydrogen-bond donors (Lipinski definition) is 2. The van der Waals surface area contributed by atoms with Gasteiger partial charge in [0.1, 0.15) is 11.5 Å². The van der Waals surface area contributed by atoms with Gasteiger partial charge in [-0.1, -0.05) is 18.2 Å². The SMILES string of the molecule is O=C(NCC1CCCO1)c1cc(NCCc2ccccc2F)ccn1. The van der Waals surface area contributed by atoms with Crippen molar-refractivity contribution in [1.29, 1.82) is 0 Å². The Hall–Kier alpha value is -2.47. The molecule has 0 radical (unpaired) electrons. The molecule has 1 atom stereocenters. The van der Waals surface area contributed by atoms with Gasteiger partial charge in [0.25, 0.3) is 5.91 Å². The number of anilines is 1. The number of hydrogen-bond acceptors (Lipinski definition) is 4. The number of rotatable bonds is 7. The van der Waals surface area contributed by atoms with Gasteiger partial charge in [0, 0.05) is 31.6 Å². The molecule has 0 aliphatic carbocycles. The summed E-state index contributed by atoms with van der Waals surface area (Å²) in [6.45, 7) is 1.84. The fourth-order valence-electron chi connectivity index (χ4n) is 2.81. The van der Waals surface area contributed by atoms with E-state index >= 15 is 0 Å². The average molecular weight is 343 g/mol. The van der Waals surface area contributed by atoms with E-state index in [9.17, 15) is 9.18 Å². The molecule has 3 rings (SSSR count). The van der Waals surface area contributed by atoms with Gasteiger partial charge >= 0.3 is 0 Å². The maximum absolute atomic E-state index is 13.6. The van der Waals surface area contributed by atoms with Crippen LogP contribution in [0.5, 0.6) is 0 Å².